The number of imidazole rings is 1. The van der Waals surface area contributed by atoms with Crippen molar-refractivity contribution in [3.63, 3.8) is 0 Å². The maximum absolute atomic E-state index is 11.5. The molecule has 218 valence electrons. The van der Waals surface area contributed by atoms with Crippen LogP contribution >= 0.6 is 0 Å². The molecular weight excluding hydrogens is 532 g/mol. The summed E-state index contributed by atoms with van der Waals surface area (Å²) in [6.45, 7) is 18.5. The molecule has 0 unspecified atom stereocenters. The fourth-order valence-corrected chi connectivity index (χ4v) is 4.80. The van der Waals surface area contributed by atoms with Crippen LogP contribution in [-0.2, 0) is 9.53 Å². The van der Waals surface area contributed by atoms with Crippen LogP contribution in [0.4, 0.5) is 11.4 Å². The van der Waals surface area contributed by atoms with Gasteiger partial charge in [0.2, 0.25) is 0 Å². The van der Waals surface area contributed by atoms with Crippen molar-refractivity contribution in [2.45, 2.75) is 0 Å². The van der Waals surface area contributed by atoms with E-state index in [0.29, 0.717) is 13.1 Å². The van der Waals surface area contributed by atoms with Crippen molar-refractivity contribution in [2.24, 2.45) is 0 Å². The number of ether oxygens (including phenoxy) is 1. The largest absolute Gasteiger partial charge is 0.466 e. The summed E-state index contributed by atoms with van der Waals surface area (Å²) in [4.78, 5) is 24.6. The minimum absolute atomic E-state index is 0.394. The number of esters is 1. The molecule has 0 radical (unpaired) electrons. The summed E-state index contributed by atoms with van der Waals surface area (Å²) >= 11 is 0. The highest BCUT2D eigenvalue weighted by Crippen LogP contribution is 2.35. The van der Waals surface area contributed by atoms with Gasteiger partial charge in [-0.1, -0.05) is 72.8 Å². The minimum atomic E-state index is -0.394. The number of nitrogens with zero attached hydrogens (tertiary/aromatic N) is 3. The van der Waals surface area contributed by atoms with Crippen molar-refractivity contribution in [2.75, 3.05) is 43.1 Å². The van der Waals surface area contributed by atoms with Crippen LogP contribution in [0.15, 0.2) is 129 Å². The molecule has 0 atom stereocenters. The predicted molar refractivity (Wildman–Crippen MR) is 181 cm³/mol. The van der Waals surface area contributed by atoms with E-state index < -0.39 is 5.97 Å². The molecule has 0 spiro atoms. The molecule has 0 saturated carbocycles. The molecule has 6 heteroatoms. The van der Waals surface area contributed by atoms with Crippen LogP contribution in [0.5, 0.6) is 0 Å². The van der Waals surface area contributed by atoms with Gasteiger partial charge in [-0.05, 0) is 35.9 Å². The lowest BCUT2D eigenvalue weighted by Gasteiger charge is -2.22. The maximum Gasteiger partial charge on any atom is 0.330 e. The summed E-state index contributed by atoms with van der Waals surface area (Å²) in [6, 6.07) is 24.7. The van der Waals surface area contributed by atoms with Crippen LogP contribution in [0.1, 0.15) is 5.56 Å². The van der Waals surface area contributed by atoms with Crippen LogP contribution < -0.4 is 9.80 Å². The van der Waals surface area contributed by atoms with Crippen LogP contribution in [0, 0.1) is 0 Å². The Balaban J connectivity index is 1.78. The number of H-pyrrole nitrogens is 1. The Morgan fingerprint density at radius 2 is 1.35 bits per heavy atom. The van der Waals surface area contributed by atoms with Crippen molar-refractivity contribution in [3.05, 3.63) is 135 Å². The summed E-state index contributed by atoms with van der Waals surface area (Å²) < 4.78 is 4.69. The fraction of sp³-hybridized carbons (Fsp3) is 0.135. The number of nitrogens with one attached hydrogen (secondary N) is 1. The first-order chi connectivity index (χ1) is 21.0. The molecule has 3 aromatic carbocycles. The molecule has 4 aromatic rings. The number of aromatic amines is 1. The second-order valence-electron chi connectivity index (χ2n) is 9.85. The molecule has 0 aliphatic carbocycles. The van der Waals surface area contributed by atoms with Gasteiger partial charge < -0.3 is 19.5 Å². The maximum atomic E-state index is 11.5. The van der Waals surface area contributed by atoms with Gasteiger partial charge in [0.15, 0.2) is 0 Å². The van der Waals surface area contributed by atoms with Gasteiger partial charge in [-0.25, -0.2) is 9.78 Å². The normalized spacial score (nSPS) is 10.7. The quantitative estimate of drug-likeness (QED) is 0.0893. The Hall–Kier alpha value is -5.36. The number of carbonyl (C=O) groups excluding carboxylic acids is 1. The summed E-state index contributed by atoms with van der Waals surface area (Å²) in [6.07, 6.45) is 10.7. The Kier molecular flexibility index (Phi) is 10.7. The van der Waals surface area contributed by atoms with Gasteiger partial charge >= 0.3 is 5.97 Å². The van der Waals surface area contributed by atoms with Gasteiger partial charge in [0.05, 0.1) is 18.5 Å². The van der Waals surface area contributed by atoms with Crippen molar-refractivity contribution < 1.29 is 9.53 Å². The first-order valence-electron chi connectivity index (χ1n) is 14.1. The van der Waals surface area contributed by atoms with Gasteiger partial charge in [0, 0.05) is 60.3 Å². The molecule has 1 N–H and O–H groups in total. The number of hydrogen-bond acceptors (Lipinski definition) is 5. The van der Waals surface area contributed by atoms with Gasteiger partial charge in [-0.15, -0.1) is 26.3 Å². The summed E-state index contributed by atoms with van der Waals surface area (Å²) in [5.41, 5.74) is 7.76. The molecular formula is C37H38N4O2. The zero-order valence-electron chi connectivity index (χ0n) is 24.7. The molecule has 0 aliphatic rings. The Labute approximate surface area is 254 Å². The minimum Gasteiger partial charge on any atom is -0.466 e. The van der Waals surface area contributed by atoms with Gasteiger partial charge in [-0.2, -0.15) is 0 Å². The molecule has 0 bridgehead atoms. The number of hydrogen-bond donors (Lipinski definition) is 1. The highest BCUT2D eigenvalue weighted by atomic mass is 16.5. The first-order valence-corrected chi connectivity index (χ1v) is 14.1. The number of rotatable bonds is 15. The number of benzene rings is 3. The standard InChI is InChI=1S/C37H38N4O2/c1-6-23-40(24-7-2)32-20-18-29(19-21-32)35-36(31-11-10-12-33(27-31)41(25-8-3)26-9-4)39-37(38-35)30-16-13-28(14-17-30)15-22-34(42)43-5/h6-22,27H,1-4,23-26H2,5H3,(H,38,39)/b22-15+. The van der Waals surface area contributed by atoms with Gasteiger partial charge in [-0.3, -0.25) is 0 Å². The van der Waals surface area contributed by atoms with E-state index >= 15 is 0 Å². The third kappa shape index (κ3) is 7.68. The third-order valence-electron chi connectivity index (χ3n) is 6.90. The number of carbonyl (C=O) groups is 1. The molecule has 0 aliphatic heterocycles. The Morgan fingerprint density at radius 3 is 1.93 bits per heavy atom. The number of methoxy groups -OCH3 is 1. The second kappa shape index (κ2) is 15.0. The van der Waals surface area contributed by atoms with E-state index in [-0.39, 0.29) is 0 Å². The highest BCUT2D eigenvalue weighted by Gasteiger charge is 2.17. The lowest BCUT2D eigenvalue weighted by atomic mass is 10.0. The van der Waals surface area contributed by atoms with Gasteiger partial charge in [0.25, 0.3) is 0 Å². The summed E-state index contributed by atoms with van der Waals surface area (Å²) in [5, 5.41) is 0. The van der Waals surface area contributed by atoms with Crippen LogP contribution in [-0.4, -0.2) is 49.2 Å². The smallest absolute Gasteiger partial charge is 0.330 e. The zero-order chi connectivity index (χ0) is 30.6. The molecule has 4 rings (SSSR count). The molecule has 0 fully saturated rings. The highest BCUT2D eigenvalue weighted by molar-refractivity contribution is 5.87. The first kappa shape index (κ1) is 30.6. The lowest BCUT2D eigenvalue weighted by Crippen LogP contribution is -2.22. The van der Waals surface area contributed by atoms with E-state index in [0.717, 1.165) is 63.9 Å². The van der Waals surface area contributed by atoms with Crippen molar-refractivity contribution in [3.8, 4) is 33.9 Å². The Bertz CT molecular complexity index is 1580. The summed E-state index contributed by atoms with van der Waals surface area (Å²) in [7, 11) is 1.36. The van der Waals surface area contributed by atoms with E-state index in [1.807, 2.05) is 48.6 Å². The van der Waals surface area contributed by atoms with Gasteiger partial charge in [0.1, 0.15) is 5.82 Å². The molecule has 6 nitrogen and oxygen atoms in total. The molecule has 43 heavy (non-hydrogen) atoms. The fourth-order valence-electron chi connectivity index (χ4n) is 4.80. The van der Waals surface area contributed by atoms with Crippen molar-refractivity contribution in [1.29, 1.82) is 0 Å². The third-order valence-corrected chi connectivity index (χ3v) is 6.90. The predicted octanol–water partition coefficient (Wildman–Crippen LogP) is 7.95. The monoisotopic (exact) mass is 570 g/mol. The number of aromatic nitrogens is 2. The van der Waals surface area contributed by atoms with Crippen LogP contribution in [0.25, 0.3) is 40.0 Å². The molecule has 1 aromatic heterocycles. The Morgan fingerprint density at radius 1 is 0.767 bits per heavy atom. The van der Waals surface area contributed by atoms with E-state index in [1.165, 1.54) is 13.2 Å². The van der Waals surface area contributed by atoms with E-state index in [1.54, 1.807) is 6.08 Å². The van der Waals surface area contributed by atoms with Crippen molar-refractivity contribution in [1.82, 2.24) is 9.97 Å². The zero-order valence-corrected chi connectivity index (χ0v) is 24.7. The topological polar surface area (TPSA) is 61.5 Å². The molecule has 0 amide bonds. The van der Waals surface area contributed by atoms with E-state index in [4.69, 9.17) is 9.72 Å². The summed E-state index contributed by atoms with van der Waals surface area (Å²) in [5.74, 6) is 0.353. The van der Waals surface area contributed by atoms with E-state index in [9.17, 15) is 4.79 Å². The van der Waals surface area contributed by atoms with Crippen LogP contribution in [0.2, 0.25) is 0 Å². The molecule has 0 saturated heterocycles. The molecule has 1 heterocycles. The second-order valence-corrected chi connectivity index (χ2v) is 9.85. The average Bonchev–Trinajstić information content (AvgIpc) is 3.49. The SMILES string of the molecule is C=CCN(CC=C)c1ccc(-c2[nH]c(-c3ccc(/C=C/C(=O)OC)cc3)nc2-c2cccc(N(CC=C)CC=C)c2)cc1. The lowest BCUT2D eigenvalue weighted by molar-refractivity contribution is -0.134. The average molecular weight is 571 g/mol. The van der Waals surface area contributed by atoms with E-state index in [2.05, 4.69) is 89.6 Å². The van der Waals surface area contributed by atoms with Crippen molar-refractivity contribution >= 4 is 23.4 Å². The number of anilines is 2. The van der Waals surface area contributed by atoms with Crippen LogP contribution in [0.3, 0.4) is 0 Å².